The maximum Gasteiger partial charge on any atom is 0.0898 e. The van der Waals surface area contributed by atoms with E-state index in [1.165, 1.54) is 11.4 Å². The second-order valence-corrected chi connectivity index (χ2v) is 4.09. The average molecular weight is 227 g/mol. The molecular weight excluding hydrogens is 216 g/mol. The molecule has 1 aromatic carbocycles. The number of fused-ring (bicyclic) bond motifs is 1. The van der Waals surface area contributed by atoms with Crippen LogP contribution in [-0.4, -0.2) is 20.8 Å². The molecule has 2 nitrogen and oxygen atoms in total. The van der Waals surface area contributed by atoms with Gasteiger partial charge in [0.25, 0.3) is 0 Å². The van der Waals surface area contributed by atoms with E-state index >= 15 is 0 Å². The summed E-state index contributed by atoms with van der Waals surface area (Å²) < 4.78 is 1.14. The highest BCUT2D eigenvalue weighted by molar-refractivity contribution is 9.10. The van der Waals surface area contributed by atoms with Gasteiger partial charge in [-0.15, -0.1) is 0 Å². The molecule has 3 heteroatoms. The van der Waals surface area contributed by atoms with Gasteiger partial charge >= 0.3 is 0 Å². The van der Waals surface area contributed by atoms with Gasteiger partial charge in [0.05, 0.1) is 18.0 Å². The Morgan fingerprint density at radius 2 is 1.83 bits per heavy atom. The van der Waals surface area contributed by atoms with Gasteiger partial charge in [-0.25, -0.2) is 0 Å². The smallest absolute Gasteiger partial charge is 0.0898 e. The van der Waals surface area contributed by atoms with Gasteiger partial charge in [0.2, 0.25) is 0 Å². The molecule has 0 aromatic heterocycles. The fourth-order valence-corrected chi connectivity index (χ4v) is 1.94. The Labute approximate surface area is 80.9 Å². The van der Waals surface area contributed by atoms with Crippen molar-refractivity contribution in [3.05, 3.63) is 22.7 Å². The lowest BCUT2D eigenvalue weighted by atomic mass is 10.2. The number of rotatable bonds is 0. The van der Waals surface area contributed by atoms with Crippen LogP contribution < -0.4 is 9.80 Å². The molecule has 2 rings (SSSR count). The highest BCUT2D eigenvalue weighted by atomic mass is 79.9. The Kier molecular flexibility index (Phi) is 1.76. The minimum Gasteiger partial charge on any atom is -0.355 e. The van der Waals surface area contributed by atoms with Crippen LogP contribution in [0.2, 0.25) is 0 Å². The van der Waals surface area contributed by atoms with Crippen molar-refractivity contribution in [2.45, 2.75) is 0 Å². The topological polar surface area (TPSA) is 6.48 Å². The molecular formula is C9H11BrN2. The number of benzene rings is 1. The summed E-state index contributed by atoms with van der Waals surface area (Å²) in [6, 6.07) is 6.37. The van der Waals surface area contributed by atoms with Crippen molar-refractivity contribution < 1.29 is 0 Å². The number of hydrogen-bond acceptors (Lipinski definition) is 2. The molecule has 0 radical (unpaired) electrons. The Hall–Kier alpha value is -0.700. The van der Waals surface area contributed by atoms with Gasteiger partial charge in [-0.2, -0.15) is 0 Å². The van der Waals surface area contributed by atoms with Crippen LogP contribution in [0.15, 0.2) is 22.7 Å². The van der Waals surface area contributed by atoms with E-state index in [1.54, 1.807) is 0 Å². The van der Waals surface area contributed by atoms with E-state index in [4.69, 9.17) is 0 Å². The van der Waals surface area contributed by atoms with Crippen LogP contribution in [0, 0.1) is 0 Å². The first-order chi connectivity index (χ1) is 5.68. The summed E-state index contributed by atoms with van der Waals surface area (Å²) in [6.45, 7) is 0.978. The zero-order chi connectivity index (χ0) is 8.72. The molecule has 0 N–H and O–H groups in total. The van der Waals surface area contributed by atoms with Gasteiger partial charge in [-0.3, -0.25) is 0 Å². The molecule has 0 amide bonds. The number of halogens is 1. The Bertz CT molecular complexity index is 311. The van der Waals surface area contributed by atoms with E-state index in [1.807, 2.05) is 0 Å². The van der Waals surface area contributed by atoms with E-state index < -0.39 is 0 Å². The SMILES string of the molecule is CN1CN(C)c2cc(Br)ccc21. The van der Waals surface area contributed by atoms with E-state index in [2.05, 4.69) is 58.0 Å². The quantitative estimate of drug-likeness (QED) is 0.670. The predicted octanol–water partition coefficient (Wildman–Crippen LogP) is 2.29. The molecule has 1 aliphatic heterocycles. The minimum atomic E-state index is 0.978. The molecule has 0 spiro atoms. The van der Waals surface area contributed by atoms with Crippen molar-refractivity contribution in [3.8, 4) is 0 Å². The lowest BCUT2D eigenvalue weighted by Crippen LogP contribution is -2.23. The van der Waals surface area contributed by atoms with Crippen LogP contribution >= 0.6 is 15.9 Å². The largest absolute Gasteiger partial charge is 0.355 e. The fourth-order valence-electron chi connectivity index (χ4n) is 1.60. The second kappa shape index (κ2) is 2.66. The monoisotopic (exact) mass is 226 g/mol. The number of nitrogens with zero attached hydrogens (tertiary/aromatic N) is 2. The first kappa shape index (κ1) is 7.92. The summed E-state index contributed by atoms with van der Waals surface area (Å²) in [5, 5.41) is 0. The van der Waals surface area contributed by atoms with Crippen molar-refractivity contribution >= 4 is 27.3 Å². The third-order valence-electron chi connectivity index (χ3n) is 2.18. The molecule has 1 aliphatic rings. The summed E-state index contributed by atoms with van der Waals surface area (Å²) >= 11 is 3.47. The third kappa shape index (κ3) is 1.08. The lowest BCUT2D eigenvalue weighted by Gasteiger charge is -2.11. The van der Waals surface area contributed by atoms with Gasteiger partial charge in [0, 0.05) is 18.6 Å². The first-order valence-electron chi connectivity index (χ1n) is 3.90. The van der Waals surface area contributed by atoms with Gasteiger partial charge in [0.1, 0.15) is 0 Å². The van der Waals surface area contributed by atoms with Crippen LogP contribution in [0.25, 0.3) is 0 Å². The molecule has 0 fully saturated rings. The number of anilines is 2. The molecule has 64 valence electrons. The van der Waals surface area contributed by atoms with Crippen LogP contribution in [0.3, 0.4) is 0 Å². The van der Waals surface area contributed by atoms with Crippen molar-refractivity contribution in [3.63, 3.8) is 0 Å². The summed E-state index contributed by atoms with van der Waals surface area (Å²) in [4.78, 5) is 4.47. The molecule has 1 aromatic rings. The van der Waals surface area contributed by atoms with E-state index in [0.717, 1.165) is 11.1 Å². The maximum absolute atomic E-state index is 3.47. The Balaban J connectivity index is 2.53. The second-order valence-electron chi connectivity index (χ2n) is 3.17. The maximum atomic E-state index is 3.47. The van der Waals surface area contributed by atoms with Crippen molar-refractivity contribution in [2.75, 3.05) is 30.6 Å². The molecule has 0 aliphatic carbocycles. The highest BCUT2D eigenvalue weighted by Gasteiger charge is 2.19. The molecule has 0 atom stereocenters. The normalized spacial score (nSPS) is 15.2. The Morgan fingerprint density at radius 3 is 2.58 bits per heavy atom. The van der Waals surface area contributed by atoms with E-state index in [9.17, 15) is 0 Å². The Morgan fingerprint density at radius 1 is 1.17 bits per heavy atom. The third-order valence-corrected chi connectivity index (χ3v) is 2.68. The standard InChI is InChI=1S/C9H11BrN2/c1-11-6-12(2)9-5-7(10)3-4-8(9)11/h3-5H,6H2,1-2H3. The van der Waals surface area contributed by atoms with Crippen molar-refractivity contribution in [2.24, 2.45) is 0 Å². The van der Waals surface area contributed by atoms with Crippen LogP contribution in [0.5, 0.6) is 0 Å². The fraction of sp³-hybridized carbons (Fsp3) is 0.333. The highest BCUT2D eigenvalue weighted by Crippen LogP contribution is 2.35. The van der Waals surface area contributed by atoms with Gasteiger partial charge in [-0.1, -0.05) is 15.9 Å². The van der Waals surface area contributed by atoms with Crippen LogP contribution in [0.1, 0.15) is 0 Å². The summed E-state index contributed by atoms with van der Waals surface area (Å²) in [6.07, 6.45) is 0. The van der Waals surface area contributed by atoms with Crippen LogP contribution in [0.4, 0.5) is 11.4 Å². The first-order valence-corrected chi connectivity index (χ1v) is 4.69. The van der Waals surface area contributed by atoms with Crippen molar-refractivity contribution in [1.29, 1.82) is 0 Å². The van der Waals surface area contributed by atoms with E-state index in [0.29, 0.717) is 0 Å². The molecule has 0 saturated heterocycles. The molecule has 12 heavy (non-hydrogen) atoms. The van der Waals surface area contributed by atoms with Crippen molar-refractivity contribution in [1.82, 2.24) is 0 Å². The van der Waals surface area contributed by atoms with Gasteiger partial charge in [-0.05, 0) is 18.2 Å². The summed E-state index contributed by atoms with van der Waals surface area (Å²) in [7, 11) is 4.21. The van der Waals surface area contributed by atoms with Crippen LogP contribution in [-0.2, 0) is 0 Å². The molecule has 0 saturated carbocycles. The zero-order valence-corrected chi connectivity index (χ0v) is 8.80. The van der Waals surface area contributed by atoms with Gasteiger partial charge < -0.3 is 9.80 Å². The average Bonchev–Trinajstić information content (AvgIpc) is 2.28. The zero-order valence-electron chi connectivity index (χ0n) is 7.21. The predicted molar refractivity (Wildman–Crippen MR) is 55.8 cm³/mol. The summed E-state index contributed by atoms with van der Waals surface area (Å²) in [5.74, 6) is 0. The number of hydrogen-bond donors (Lipinski definition) is 0. The van der Waals surface area contributed by atoms with Gasteiger partial charge in [0.15, 0.2) is 0 Å². The summed E-state index contributed by atoms with van der Waals surface area (Å²) in [5.41, 5.74) is 2.60. The van der Waals surface area contributed by atoms with E-state index in [-0.39, 0.29) is 0 Å². The minimum absolute atomic E-state index is 0.978. The molecule has 0 bridgehead atoms. The molecule has 1 heterocycles. The molecule has 0 unspecified atom stereocenters. The lowest BCUT2D eigenvalue weighted by molar-refractivity contribution is 0.916.